The first-order chi connectivity index (χ1) is 10.9. The maximum atomic E-state index is 12.4. The molecular weight excluding hydrogens is 298 g/mol. The highest BCUT2D eigenvalue weighted by Gasteiger charge is 2.30. The van der Waals surface area contributed by atoms with Gasteiger partial charge in [0.25, 0.3) is 0 Å². The Morgan fingerprint density at radius 3 is 2.48 bits per heavy atom. The van der Waals surface area contributed by atoms with Gasteiger partial charge in [0.05, 0.1) is 0 Å². The van der Waals surface area contributed by atoms with Crippen LogP contribution >= 0.6 is 0 Å². The predicted octanol–water partition coefficient (Wildman–Crippen LogP) is 0.431. The van der Waals surface area contributed by atoms with Crippen molar-refractivity contribution in [1.82, 2.24) is 15.1 Å². The number of carbonyl (C=O) groups is 4. The average molecular weight is 323 g/mol. The number of piperidine rings is 1. The van der Waals surface area contributed by atoms with Crippen LogP contribution in [-0.4, -0.2) is 58.6 Å². The standard InChI is InChI=1S/C16H25N3O4/c1-11-5-3-4-9-18(11)16(23)12(2)17-13(20)8-10-19-14(21)6-7-15(19)22/h11-12H,3-10H2,1-2H3,(H,17,20)/t11-,12-/m0/s1. The second kappa shape index (κ2) is 7.57. The highest BCUT2D eigenvalue weighted by atomic mass is 16.2. The molecule has 0 aromatic rings. The van der Waals surface area contributed by atoms with E-state index in [1.807, 2.05) is 11.8 Å². The first-order valence-electron chi connectivity index (χ1n) is 8.33. The Morgan fingerprint density at radius 1 is 1.22 bits per heavy atom. The molecule has 4 amide bonds. The fourth-order valence-corrected chi connectivity index (χ4v) is 3.14. The van der Waals surface area contributed by atoms with E-state index in [2.05, 4.69) is 5.32 Å². The molecule has 0 aromatic carbocycles. The van der Waals surface area contributed by atoms with Crippen LogP contribution in [0.15, 0.2) is 0 Å². The Kier molecular flexibility index (Phi) is 5.74. The van der Waals surface area contributed by atoms with Crippen LogP contribution in [-0.2, 0) is 19.2 Å². The summed E-state index contributed by atoms with van der Waals surface area (Å²) in [7, 11) is 0. The number of hydrogen-bond donors (Lipinski definition) is 1. The Bertz CT molecular complexity index is 490. The van der Waals surface area contributed by atoms with Crippen molar-refractivity contribution in [3.63, 3.8) is 0 Å². The van der Waals surface area contributed by atoms with Gasteiger partial charge in [-0.1, -0.05) is 0 Å². The number of nitrogens with zero attached hydrogens (tertiary/aromatic N) is 2. The molecule has 0 aromatic heterocycles. The maximum absolute atomic E-state index is 12.4. The van der Waals surface area contributed by atoms with Crippen molar-refractivity contribution < 1.29 is 19.2 Å². The highest BCUT2D eigenvalue weighted by Crippen LogP contribution is 2.17. The smallest absolute Gasteiger partial charge is 0.245 e. The van der Waals surface area contributed by atoms with Crippen LogP contribution in [0.2, 0.25) is 0 Å². The molecule has 2 aliphatic rings. The Balaban J connectivity index is 1.78. The first-order valence-corrected chi connectivity index (χ1v) is 8.33. The van der Waals surface area contributed by atoms with Crippen molar-refractivity contribution in [1.29, 1.82) is 0 Å². The van der Waals surface area contributed by atoms with Gasteiger partial charge in [0.1, 0.15) is 6.04 Å². The van der Waals surface area contributed by atoms with Gasteiger partial charge < -0.3 is 10.2 Å². The molecule has 0 radical (unpaired) electrons. The van der Waals surface area contributed by atoms with Gasteiger partial charge >= 0.3 is 0 Å². The van der Waals surface area contributed by atoms with Crippen LogP contribution in [0.1, 0.15) is 52.4 Å². The molecule has 2 heterocycles. The summed E-state index contributed by atoms with van der Waals surface area (Å²) in [6.45, 7) is 4.52. The first kappa shape index (κ1) is 17.4. The summed E-state index contributed by atoms with van der Waals surface area (Å²) in [6, 6.07) is -0.386. The molecule has 0 aliphatic carbocycles. The zero-order chi connectivity index (χ0) is 17.0. The van der Waals surface area contributed by atoms with Crippen LogP contribution in [0.4, 0.5) is 0 Å². The minimum atomic E-state index is -0.590. The zero-order valence-corrected chi connectivity index (χ0v) is 13.8. The van der Waals surface area contributed by atoms with Gasteiger partial charge in [0, 0.05) is 38.4 Å². The largest absolute Gasteiger partial charge is 0.345 e. The van der Waals surface area contributed by atoms with Crippen LogP contribution in [0.3, 0.4) is 0 Å². The predicted molar refractivity (Wildman–Crippen MR) is 83.2 cm³/mol. The van der Waals surface area contributed by atoms with E-state index in [1.165, 1.54) is 0 Å². The third kappa shape index (κ3) is 4.30. The number of imide groups is 1. The summed E-state index contributed by atoms with van der Waals surface area (Å²) >= 11 is 0. The van der Waals surface area contributed by atoms with E-state index in [0.29, 0.717) is 0 Å². The molecule has 0 spiro atoms. The third-order valence-electron chi connectivity index (χ3n) is 4.55. The van der Waals surface area contributed by atoms with Gasteiger partial charge in [0.15, 0.2) is 0 Å². The molecular formula is C16H25N3O4. The lowest BCUT2D eigenvalue weighted by molar-refractivity contribution is -0.141. The minimum Gasteiger partial charge on any atom is -0.345 e. The number of hydrogen-bond acceptors (Lipinski definition) is 4. The molecule has 128 valence electrons. The Morgan fingerprint density at radius 2 is 1.87 bits per heavy atom. The van der Waals surface area contributed by atoms with E-state index in [1.54, 1.807) is 6.92 Å². The van der Waals surface area contributed by atoms with E-state index in [9.17, 15) is 19.2 Å². The molecule has 0 bridgehead atoms. The summed E-state index contributed by atoms with van der Waals surface area (Å²) in [5.41, 5.74) is 0. The Labute approximate surface area is 136 Å². The fraction of sp³-hybridized carbons (Fsp3) is 0.750. The van der Waals surface area contributed by atoms with Crippen molar-refractivity contribution in [2.45, 2.75) is 64.5 Å². The maximum Gasteiger partial charge on any atom is 0.245 e. The molecule has 7 nitrogen and oxygen atoms in total. The van der Waals surface area contributed by atoms with E-state index >= 15 is 0 Å². The van der Waals surface area contributed by atoms with Crippen molar-refractivity contribution in [2.75, 3.05) is 13.1 Å². The lowest BCUT2D eigenvalue weighted by Crippen LogP contribution is -2.51. The van der Waals surface area contributed by atoms with Gasteiger partial charge in [-0.15, -0.1) is 0 Å². The molecule has 0 unspecified atom stereocenters. The van der Waals surface area contributed by atoms with Crippen molar-refractivity contribution in [3.8, 4) is 0 Å². The van der Waals surface area contributed by atoms with Crippen molar-refractivity contribution >= 4 is 23.6 Å². The normalized spacial score (nSPS) is 23.1. The van der Waals surface area contributed by atoms with Crippen molar-refractivity contribution in [2.24, 2.45) is 0 Å². The van der Waals surface area contributed by atoms with Gasteiger partial charge in [-0.25, -0.2) is 0 Å². The van der Waals surface area contributed by atoms with Gasteiger partial charge in [-0.2, -0.15) is 0 Å². The van der Waals surface area contributed by atoms with E-state index in [-0.39, 0.29) is 55.5 Å². The monoisotopic (exact) mass is 323 g/mol. The summed E-state index contributed by atoms with van der Waals surface area (Å²) in [5, 5.41) is 2.67. The number of likely N-dealkylation sites (tertiary alicyclic amines) is 2. The molecule has 23 heavy (non-hydrogen) atoms. The number of rotatable bonds is 5. The van der Waals surface area contributed by atoms with Crippen LogP contribution < -0.4 is 5.32 Å². The number of nitrogens with one attached hydrogen (secondary N) is 1. The fourth-order valence-electron chi connectivity index (χ4n) is 3.14. The third-order valence-corrected chi connectivity index (χ3v) is 4.55. The molecule has 7 heteroatoms. The van der Waals surface area contributed by atoms with Crippen LogP contribution in [0, 0.1) is 0 Å². The van der Waals surface area contributed by atoms with Gasteiger partial charge in [-0.05, 0) is 33.1 Å². The molecule has 2 aliphatic heterocycles. The summed E-state index contributed by atoms with van der Waals surface area (Å²) in [6.07, 6.45) is 3.60. The lowest BCUT2D eigenvalue weighted by atomic mass is 10.0. The second-order valence-electron chi connectivity index (χ2n) is 6.35. The number of carbonyl (C=O) groups excluding carboxylic acids is 4. The van der Waals surface area contributed by atoms with Crippen LogP contribution in [0.25, 0.3) is 0 Å². The molecule has 2 fully saturated rings. The minimum absolute atomic E-state index is 0.0324. The highest BCUT2D eigenvalue weighted by molar-refractivity contribution is 6.02. The van der Waals surface area contributed by atoms with E-state index in [0.717, 1.165) is 30.7 Å². The van der Waals surface area contributed by atoms with Crippen LogP contribution in [0.5, 0.6) is 0 Å². The SMILES string of the molecule is C[C@H](NC(=O)CCN1C(=O)CCC1=O)C(=O)N1CCCC[C@@H]1C. The number of amides is 4. The summed E-state index contributed by atoms with van der Waals surface area (Å²) < 4.78 is 0. The van der Waals surface area contributed by atoms with Gasteiger partial charge in [-0.3, -0.25) is 24.1 Å². The summed E-state index contributed by atoms with van der Waals surface area (Å²) in [5.74, 6) is -0.843. The zero-order valence-electron chi connectivity index (χ0n) is 13.8. The molecule has 0 saturated carbocycles. The van der Waals surface area contributed by atoms with E-state index < -0.39 is 6.04 Å². The van der Waals surface area contributed by atoms with E-state index in [4.69, 9.17) is 0 Å². The van der Waals surface area contributed by atoms with Crippen molar-refractivity contribution in [3.05, 3.63) is 0 Å². The average Bonchev–Trinajstić information content (AvgIpc) is 2.83. The topological polar surface area (TPSA) is 86.8 Å². The summed E-state index contributed by atoms with van der Waals surface area (Å²) in [4.78, 5) is 50.3. The lowest BCUT2D eigenvalue weighted by Gasteiger charge is -2.35. The quantitative estimate of drug-likeness (QED) is 0.743. The molecule has 2 rings (SSSR count). The Hall–Kier alpha value is -1.92. The molecule has 2 saturated heterocycles. The second-order valence-corrected chi connectivity index (χ2v) is 6.35. The molecule has 2 atom stereocenters. The molecule has 1 N–H and O–H groups in total. The van der Waals surface area contributed by atoms with Gasteiger partial charge in [0.2, 0.25) is 23.6 Å².